The lowest BCUT2D eigenvalue weighted by Crippen LogP contribution is -2.49. The number of hydrogen-bond acceptors (Lipinski definition) is 4. The van der Waals surface area contributed by atoms with Crippen molar-refractivity contribution in [2.75, 3.05) is 26.3 Å². The molecule has 21 heavy (non-hydrogen) atoms. The third-order valence-corrected chi connectivity index (χ3v) is 7.14. The van der Waals surface area contributed by atoms with Crippen LogP contribution in [0.1, 0.15) is 39.0 Å². The minimum absolute atomic E-state index is 0.0270. The van der Waals surface area contributed by atoms with Gasteiger partial charge >= 0.3 is 0 Å². The fraction of sp³-hybridized carbons (Fsp3) is 0.929. The number of ether oxygens (including phenoxy) is 1. The van der Waals surface area contributed by atoms with Crippen LogP contribution in [0.5, 0.6) is 0 Å². The topological polar surface area (TPSA) is 66.9 Å². The number of rotatable bonds is 4. The van der Waals surface area contributed by atoms with Crippen LogP contribution < -0.4 is 0 Å². The molecule has 1 amide bonds. The second-order valence-electron chi connectivity index (χ2n) is 6.31. The number of nitrogens with zero attached hydrogens (tertiary/aromatic N) is 2. The molecule has 1 unspecified atom stereocenters. The largest absolute Gasteiger partial charge is 0.381 e. The first-order valence-corrected chi connectivity index (χ1v) is 9.36. The van der Waals surface area contributed by atoms with E-state index in [1.54, 1.807) is 11.2 Å². The third kappa shape index (κ3) is 3.10. The zero-order valence-electron chi connectivity index (χ0n) is 12.5. The van der Waals surface area contributed by atoms with Gasteiger partial charge in [0.05, 0.1) is 5.25 Å². The third-order valence-electron chi connectivity index (χ3n) is 4.77. The van der Waals surface area contributed by atoms with Crippen LogP contribution in [0.25, 0.3) is 0 Å². The number of amides is 1. The van der Waals surface area contributed by atoms with E-state index >= 15 is 0 Å². The maximum atomic E-state index is 12.3. The van der Waals surface area contributed by atoms with Gasteiger partial charge in [-0.05, 0) is 32.1 Å². The van der Waals surface area contributed by atoms with Crippen molar-refractivity contribution in [1.29, 1.82) is 0 Å². The molecule has 120 valence electrons. The summed E-state index contributed by atoms with van der Waals surface area (Å²) in [5, 5.41) is -0.162. The first kappa shape index (κ1) is 15.2. The van der Waals surface area contributed by atoms with Crippen molar-refractivity contribution in [2.24, 2.45) is 0 Å². The Kier molecular flexibility index (Phi) is 4.25. The molecule has 6 nitrogen and oxygen atoms in total. The van der Waals surface area contributed by atoms with Crippen molar-refractivity contribution in [3.63, 3.8) is 0 Å². The Hall–Kier alpha value is -0.660. The zero-order valence-corrected chi connectivity index (χ0v) is 13.3. The minimum Gasteiger partial charge on any atom is -0.381 e. The predicted molar refractivity (Wildman–Crippen MR) is 78.3 cm³/mol. The van der Waals surface area contributed by atoms with E-state index in [1.165, 1.54) is 0 Å². The summed E-state index contributed by atoms with van der Waals surface area (Å²) in [6, 6.07) is 0.226. The molecule has 0 aromatic carbocycles. The van der Waals surface area contributed by atoms with Crippen molar-refractivity contribution in [3.05, 3.63) is 0 Å². The highest BCUT2D eigenvalue weighted by atomic mass is 32.2. The number of sulfonamides is 1. The van der Waals surface area contributed by atoms with Crippen molar-refractivity contribution in [2.45, 2.75) is 56.4 Å². The maximum Gasteiger partial charge on any atom is 0.219 e. The van der Waals surface area contributed by atoms with Crippen LogP contribution in [0.3, 0.4) is 0 Å². The summed E-state index contributed by atoms with van der Waals surface area (Å²) >= 11 is 0. The number of carbonyl (C=O) groups is 1. The van der Waals surface area contributed by atoms with Gasteiger partial charge in [0.2, 0.25) is 15.9 Å². The number of carbonyl (C=O) groups excluding carboxylic acids is 1. The van der Waals surface area contributed by atoms with Gasteiger partial charge in [0.25, 0.3) is 0 Å². The summed E-state index contributed by atoms with van der Waals surface area (Å²) < 4.78 is 31.6. The van der Waals surface area contributed by atoms with Crippen LogP contribution in [0, 0.1) is 0 Å². The van der Waals surface area contributed by atoms with Gasteiger partial charge in [-0.2, -0.15) is 4.31 Å². The summed E-state index contributed by atoms with van der Waals surface area (Å²) in [5.41, 5.74) is 0. The van der Waals surface area contributed by atoms with Crippen molar-refractivity contribution in [1.82, 2.24) is 9.21 Å². The quantitative estimate of drug-likeness (QED) is 0.761. The van der Waals surface area contributed by atoms with Gasteiger partial charge in [0, 0.05) is 45.3 Å². The number of hydrogen-bond donors (Lipinski definition) is 0. The van der Waals surface area contributed by atoms with Crippen LogP contribution >= 0.6 is 0 Å². The zero-order chi connectivity index (χ0) is 15.0. The average molecular weight is 316 g/mol. The van der Waals surface area contributed by atoms with E-state index in [9.17, 15) is 13.2 Å². The standard InChI is InChI=1S/C14H24N2O4S/c1-11(17)16(12-5-8-20-9-6-12)13-4-7-15(10-13)21(18,19)14-2-3-14/h12-14H,2-10H2,1H3. The molecule has 0 N–H and O–H groups in total. The molecule has 3 aliphatic rings. The fourth-order valence-corrected chi connectivity index (χ4v) is 5.41. The highest BCUT2D eigenvalue weighted by Crippen LogP contribution is 2.34. The average Bonchev–Trinajstić information content (AvgIpc) is 3.20. The van der Waals surface area contributed by atoms with Gasteiger partial charge in [-0.25, -0.2) is 8.42 Å². The minimum atomic E-state index is -3.12. The summed E-state index contributed by atoms with van der Waals surface area (Å²) in [4.78, 5) is 14.0. The molecule has 2 aliphatic heterocycles. The normalized spacial score (nSPS) is 28.7. The highest BCUT2D eigenvalue weighted by molar-refractivity contribution is 7.90. The summed E-state index contributed by atoms with van der Waals surface area (Å²) in [6.07, 6.45) is 4.04. The van der Waals surface area contributed by atoms with Gasteiger partial charge in [0.15, 0.2) is 0 Å². The molecule has 7 heteroatoms. The van der Waals surface area contributed by atoms with Crippen LogP contribution in [-0.2, 0) is 19.6 Å². The van der Waals surface area contributed by atoms with Gasteiger partial charge < -0.3 is 9.64 Å². The molecule has 2 saturated heterocycles. The summed E-state index contributed by atoms with van der Waals surface area (Å²) in [5.74, 6) is 0.0533. The Morgan fingerprint density at radius 3 is 2.33 bits per heavy atom. The molecule has 0 radical (unpaired) electrons. The van der Waals surface area contributed by atoms with E-state index in [1.807, 2.05) is 4.90 Å². The lowest BCUT2D eigenvalue weighted by Gasteiger charge is -2.37. The molecular formula is C14H24N2O4S. The van der Waals surface area contributed by atoms with E-state index in [4.69, 9.17) is 4.74 Å². The van der Waals surface area contributed by atoms with E-state index in [0.29, 0.717) is 26.3 Å². The smallest absolute Gasteiger partial charge is 0.219 e. The Morgan fingerprint density at radius 2 is 1.76 bits per heavy atom. The van der Waals surface area contributed by atoms with Gasteiger partial charge in [-0.3, -0.25) is 4.79 Å². The monoisotopic (exact) mass is 316 g/mol. The lowest BCUT2D eigenvalue weighted by molar-refractivity contribution is -0.135. The van der Waals surface area contributed by atoms with Gasteiger partial charge in [-0.1, -0.05) is 0 Å². The molecule has 1 saturated carbocycles. The predicted octanol–water partition coefficient (Wildman–Crippen LogP) is 0.580. The van der Waals surface area contributed by atoms with Crippen LogP contribution in [0.4, 0.5) is 0 Å². The van der Waals surface area contributed by atoms with E-state index in [2.05, 4.69) is 0 Å². The van der Waals surface area contributed by atoms with Crippen molar-refractivity contribution in [3.8, 4) is 0 Å². The molecule has 0 spiro atoms. The van der Waals surface area contributed by atoms with Crippen molar-refractivity contribution < 1.29 is 17.9 Å². The van der Waals surface area contributed by atoms with Gasteiger partial charge in [0.1, 0.15) is 0 Å². The molecule has 1 aliphatic carbocycles. The van der Waals surface area contributed by atoms with E-state index in [-0.39, 0.29) is 23.2 Å². The van der Waals surface area contributed by atoms with Crippen molar-refractivity contribution >= 4 is 15.9 Å². The molecule has 0 aromatic rings. The second-order valence-corrected chi connectivity index (χ2v) is 8.53. The molecule has 2 heterocycles. The maximum absolute atomic E-state index is 12.3. The first-order valence-electron chi connectivity index (χ1n) is 7.86. The summed E-state index contributed by atoms with van der Waals surface area (Å²) in [6.45, 7) is 3.98. The van der Waals surface area contributed by atoms with Crippen LogP contribution in [0.2, 0.25) is 0 Å². The molecule has 3 fully saturated rings. The molecular weight excluding hydrogens is 292 g/mol. The highest BCUT2D eigenvalue weighted by Gasteiger charge is 2.44. The van der Waals surface area contributed by atoms with Crippen LogP contribution in [0.15, 0.2) is 0 Å². The molecule has 0 bridgehead atoms. The fourth-order valence-electron chi connectivity index (χ4n) is 3.52. The second kappa shape index (κ2) is 5.85. The Balaban J connectivity index is 1.68. The molecule has 1 atom stereocenters. The Labute approximate surface area is 126 Å². The SMILES string of the molecule is CC(=O)N(C1CCOCC1)C1CCN(S(=O)(=O)C2CC2)C1. The van der Waals surface area contributed by atoms with Gasteiger partial charge in [-0.15, -0.1) is 0 Å². The van der Waals surface area contributed by atoms with E-state index < -0.39 is 10.0 Å². The van der Waals surface area contributed by atoms with E-state index in [0.717, 1.165) is 32.1 Å². The Morgan fingerprint density at radius 1 is 1.10 bits per heavy atom. The Bertz CT molecular complexity index is 497. The lowest BCUT2D eigenvalue weighted by atomic mass is 10.0. The first-order chi connectivity index (χ1) is 10.00. The van der Waals surface area contributed by atoms with Crippen LogP contribution in [-0.4, -0.2) is 67.2 Å². The summed E-state index contributed by atoms with van der Waals surface area (Å²) in [7, 11) is -3.12. The molecule has 0 aromatic heterocycles. The molecule has 3 rings (SSSR count).